The summed E-state index contributed by atoms with van der Waals surface area (Å²) in [7, 11) is 1.69. The number of carbonyl (C=O) groups excluding carboxylic acids is 1. The van der Waals surface area contributed by atoms with Crippen LogP contribution < -0.4 is 0 Å². The van der Waals surface area contributed by atoms with Gasteiger partial charge in [0.05, 0.1) is 12.4 Å². The number of allylic oxidation sites excluding steroid dienone is 1. The summed E-state index contributed by atoms with van der Waals surface area (Å²) in [4.78, 5) is 12.3. The van der Waals surface area contributed by atoms with Crippen LogP contribution in [0, 0.1) is 24.2 Å². The first-order valence-electron chi connectivity index (χ1n) is 9.39. The second-order valence-electron chi connectivity index (χ2n) is 8.01. The Balaban J connectivity index is 1.97. The highest BCUT2D eigenvalue weighted by atomic mass is 16.5. The molecule has 2 aliphatic carbocycles. The lowest BCUT2D eigenvalue weighted by atomic mass is 9.52. The number of rotatable bonds is 3. The van der Waals surface area contributed by atoms with Gasteiger partial charge in [0.15, 0.2) is 0 Å². The smallest absolute Gasteiger partial charge is 0.333 e. The van der Waals surface area contributed by atoms with Gasteiger partial charge < -0.3 is 19.0 Å². The van der Waals surface area contributed by atoms with Crippen LogP contribution in [-0.2, 0) is 14.3 Å². The SMILES string of the molecule is C/C=C(/C)C(=O)O[C@H]1CC[C@@H]2[C@@H](OC)c3occ(C)c3[C@@H](O)[C@]2(C)[C@H]1C. The van der Waals surface area contributed by atoms with Crippen molar-refractivity contribution < 1.29 is 23.8 Å². The fourth-order valence-electron chi connectivity index (χ4n) is 4.89. The van der Waals surface area contributed by atoms with Gasteiger partial charge in [-0.25, -0.2) is 4.79 Å². The predicted octanol–water partition coefficient (Wildman–Crippen LogP) is 4.25. The van der Waals surface area contributed by atoms with E-state index in [2.05, 4.69) is 13.8 Å². The molecule has 0 unspecified atom stereocenters. The van der Waals surface area contributed by atoms with Gasteiger partial charge in [-0.3, -0.25) is 0 Å². The van der Waals surface area contributed by atoms with Crippen LogP contribution >= 0.6 is 0 Å². The molecule has 6 atom stereocenters. The van der Waals surface area contributed by atoms with Crippen LogP contribution in [0.4, 0.5) is 0 Å². The number of hydrogen-bond acceptors (Lipinski definition) is 5. The largest absolute Gasteiger partial charge is 0.466 e. The number of fused-ring (bicyclic) bond motifs is 2. The molecule has 0 saturated heterocycles. The molecule has 3 rings (SSSR count). The summed E-state index contributed by atoms with van der Waals surface area (Å²) in [6, 6.07) is 0. The van der Waals surface area contributed by atoms with Gasteiger partial charge in [-0.15, -0.1) is 0 Å². The Bertz CT molecular complexity index is 718. The minimum Gasteiger partial charge on any atom is -0.466 e. The standard InChI is InChI=1S/C21H30O5/c1-7-11(2)20(23)26-15-9-8-14-17(24-6)18-16(12(3)10-25-18)19(22)21(14,5)13(15)4/h7,10,13-15,17,19,22H,8-9H2,1-6H3/b11-7-/t13-,14+,15-,17+,19+,21+/m0/s1. The van der Waals surface area contributed by atoms with E-state index in [9.17, 15) is 9.90 Å². The first kappa shape index (κ1) is 19.2. The van der Waals surface area contributed by atoms with E-state index >= 15 is 0 Å². The van der Waals surface area contributed by atoms with Gasteiger partial charge in [0.25, 0.3) is 0 Å². The Kier molecular flexibility index (Phi) is 5.06. The van der Waals surface area contributed by atoms with Crippen molar-refractivity contribution in [3.63, 3.8) is 0 Å². The van der Waals surface area contributed by atoms with Crippen LogP contribution in [-0.4, -0.2) is 24.3 Å². The van der Waals surface area contributed by atoms with Crippen LogP contribution in [0.15, 0.2) is 22.3 Å². The summed E-state index contributed by atoms with van der Waals surface area (Å²) < 4.78 is 17.4. The topological polar surface area (TPSA) is 68.9 Å². The van der Waals surface area contributed by atoms with Crippen molar-refractivity contribution in [2.45, 2.75) is 65.8 Å². The van der Waals surface area contributed by atoms with Crippen LogP contribution in [0.25, 0.3) is 0 Å². The summed E-state index contributed by atoms with van der Waals surface area (Å²) in [5.74, 6) is 0.561. The van der Waals surface area contributed by atoms with Crippen molar-refractivity contribution in [3.8, 4) is 0 Å². The highest BCUT2D eigenvalue weighted by molar-refractivity contribution is 5.87. The average Bonchev–Trinajstić information content (AvgIpc) is 3.01. The zero-order valence-corrected chi connectivity index (χ0v) is 16.5. The van der Waals surface area contributed by atoms with E-state index in [0.29, 0.717) is 5.57 Å². The molecule has 26 heavy (non-hydrogen) atoms. The summed E-state index contributed by atoms with van der Waals surface area (Å²) in [5, 5.41) is 11.3. The van der Waals surface area contributed by atoms with E-state index in [1.807, 2.05) is 13.8 Å². The molecule has 1 N–H and O–H groups in total. The van der Waals surface area contributed by atoms with E-state index in [1.54, 1.807) is 26.4 Å². The van der Waals surface area contributed by atoms with Gasteiger partial charge in [0, 0.05) is 35.5 Å². The molecule has 2 aliphatic rings. The molecule has 1 heterocycles. The molecule has 0 radical (unpaired) electrons. The first-order chi connectivity index (χ1) is 12.3. The Morgan fingerprint density at radius 3 is 2.73 bits per heavy atom. The average molecular weight is 362 g/mol. The monoisotopic (exact) mass is 362 g/mol. The molecule has 0 aliphatic heterocycles. The highest BCUT2D eigenvalue weighted by Gasteiger charge is 2.59. The maximum atomic E-state index is 12.3. The first-order valence-corrected chi connectivity index (χ1v) is 9.39. The van der Waals surface area contributed by atoms with E-state index < -0.39 is 11.5 Å². The molecule has 5 heteroatoms. The number of furan rings is 1. The normalized spacial score (nSPS) is 37.0. The van der Waals surface area contributed by atoms with Crippen molar-refractivity contribution in [2.24, 2.45) is 17.3 Å². The summed E-state index contributed by atoms with van der Waals surface area (Å²) >= 11 is 0. The van der Waals surface area contributed by atoms with Gasteiger partial charge in [-0.2, -0.15) is 0 Å². The van der Waals surface area contributed by atoms with Crippen molar-refractivity contribution in [3.05, 3.63) is 34.8 Å². The zero-order chi connectivity index (χ0) is 19.2. The van der Waals surface area contributed by atoms with Crippen LogP contribution in [0.3, 0.4) is 0 Å². The van der Waals surface area contributed by atoms with Gasteiger partial charge in [-0.1, -0.05) is 19.9 Å². The van der Waals surface area contributed by atoms with Gasteiger partial charge in [0.2, 0.25) is 0 Å². The summed E-state index contributed by atoms with van der Waals surface area (Å²) in [5.41, 5.74) is 1.91. The van der Waals surface area contributed by atoms with E-state index in [0.717, 1.165) is 29.7 Å². The third-order valence-electron chi connectivity index (χ3n) is 6.91. The maximum absolute atomic E-state index is 12.3. The number of esters is 1. The van der Waals surface area contributed by atoms with Crippen molar-refractivity contribution >= 4 is 5.97 Å². The molecule has 5 nitrogen and oxygen atoms in total. The Labute approximate surface area is 155 Å². The molecular weight excluding hydrogens is 332 g/mol. The highest BCUT2D eigenvalue weighted by Crippen LogP contribution is 2.62. The number of aryl methyl sites for hydroxylation is 1. The zero-order valence-electron chi connectivity index (χ0n) is 16.5. The van der Waals surface area contributed by atoms with E-state index in [-0.39, 0.29) is 30.0 Å². The van der Waals surface area contributed by atoms with Crippen LogP contribution in [0.1, 0.15) is 69.6 Å². The number of carbonyl (C=O) groups is 1. The second kappa shape index (κ2) is 6.86. The Morgan fingerprint density at radius 2 is 2.12 bits per heavy atom. The van der Waals surface area contributed by atoms with Crippen molar-refractivity contribution in [1.29, 1.82) is 0 Å². The Hall–Kier alpha value is -1.59. The number of ether oxygens (including phenoxy) is 2. The molecular formula is C21H30O5. The molecule has 0 amide bonds. The Morgan fingerprint density at radius 1 is 1.42 bits per heavy atom. The molecule has 144 valence electrons. The van der Waals surface area contributed by atoms with Gasteiger partial charge in [-0.05, 0) is 39.2 Å². The van der Waals surface area contributed by atoms with Crippen LogP contribution in [0.2, 0.25) is 0 Å². The molecule has 1 aromatic rings. The van der Waals surface area contributed by atoms with E-state index in [4.69, 9.17) is 13.9 Å². The van der Waals surface area contributed by atoms with Gasteiger partial charge in [0.1, 0.15) is 18.0 Å². The lowest BCUT2D eigenvalue weighted by Crippen LogP contribution is -2.53. The molecule has 1 saturated carbocycles. The lowest BCUT2D eigenvalue weighted by molar-refractivity contribution is -0.187. The van der Waals surface area contributed by atoms with Crippen molar-refractivity contribution in [1.82, 2.24) is 0 Å². The molecule has 0 aromatic carbocycles. The van der Waals surface area contributed by atoms with Gasteiger partial charge >= 0.3 is 5.97 Å². The summed E-state index contributed by atoms with van der Waals surface area (Å²) in [6.07, 6.45) is 3.93. The number of aliphatic hydroxyl groups excluding tert-OH is 1. The summed E-state index contributed by atoms with van der Waals surface area (Å²) in [6.45, 7) is 9.71. The number of methoxy groups -OCH3 is 1. The quantitative estimate of drug-likeness (QED) is 0.643. The minimum atomic E-state index is -0.674. The van der Waals surface area contributed by atoms with Crippen molar-refractivity contribution in [2.75, 3.05) is 7.11 Å². The molecule has 0 spiro atoms. The van der Waals surface area contributed by atoms with Crippen LogP contribution in [0.5, 0.6) is 0 Å². The minimum absolute atomic E-state index is 0.00930. The predicted molar refractivity (Wildman–Crippen MR) is 97.5 cm³/mol. The molecule has 0 bridgehead atoms. The molecule has 1 aromatic heterocycles. The maximum Gasteiger partial charge on any atom is 0.333 e. The second-order valence-corrected chi connectivity index (χ2v) is 8.01. The molecule has 1 fully saturated rings. The van der Waals surface area contributed by atoms with E-state index in [1.165, 1.54) is 0 Å². The lowest BCUT2D eigenvalue weighted by Gasteiger charge is -2.55. The number of hydrogen-bond donors (Lipinski definition) is 1. The fourth-order valence-corrected chi connectivity index (χ4v) is 4.89. The fraction of sp³-hybridized carbons (Fsp3) is 0.667. The third-order valence-corrected chi connectivity index (χ3v) is 6.91. The third kappa shape index (κ3) is 2.64. The number of aliphatic hydroxyl groups is 1.